The largest absolute Gasteiger partial charge is 0.496 e. The molecule has 0 aliphatic heterocycles. The van der Waals surface area contributed by atoms with E-state index in [0.29, 0.717) is 6.42 Å². The second-order valence-electron chi connectivity index (χ2n) is 3.31. The van der Waals surface area contributed by atoms with Gasteiger partial charge in [-0.05, 0) is 31.0 Å². The lowest BCUT2D eigenvalue weighted by atomic mass is 10.0. The number of aliphatic hydroxyl groups excluding tert-OH is 1. The van der Waals surface area contributed by atoms with E-state index in [1.165, 1.54) is 5.56 Å². The van der Waals surface area contributed by atoms with Gasteiger partial charge in [0.1, 0.15) is 5.75 Å². The Hall–Kier alpha value is -1.02. The Balaban J connectivity index is 3.00. The van der Waals surface area contributed by atoms with Crippen LogP contribution in [0.15, 0.2) is 18.2 Å². The van der Waals surface area contributed by atoms with Gasteiger partial charge in [0.25, 0.3) is 0 Å². The summed E-state index contributed by atoms with van der Waals surface area (Å²) in [6.45, 7) is 3.81. The van der Waals surface area contributed by atoms with E-state index < -0.39 is 0 Å². The maximum Gasteiger partial charge on any atom is 0.122 e. The van der Waals surface area contributed by atoms with Crippen LogP contribution in [0.4, 0.5) is 0 Å². The van der Waals surface area contributed by atoms with Crippen molar-refractivity contribution in [1.29, 1.82) is 0 Å². The highest BCUT2D eigenvalue weighted by Gasteiger charge is 2.07. The summed E-state index contributed by atoms with van der Waals surface area (Å²) in [5.41, 5.74) is 2.26. The maximum atomic E-state index is 9.29. The van der Waals surface area contributed by atoms with E-state index in [-0.39, 0.29) is 6.10 Å². The van der Waals surface area contributed by atoms with Gasteiger partial charge in [-0.2, -0.15) is 0 Å². The van der Waals surface area contributed by atoms with Crippen LogP contribution in [0.25, 0.3) is 0 Å². The molecule has 0 bridgehead atoms. The lowest BCUT2D eigenvalue weighted by Gasteiger charge is -2.12. The molecule has 13 heavy (non-hydrogen) atoms. The number of benzene rings is 1. The molecule has 1 rings (SSSR count). The van der Waals surface area contributed by atoms with E-state index in [2.05, 4.69) is 0 Å². The van der Waals surface area contributed by atoms with Gasteiger partial charge >= 0.3 is 0 Å². The van der Waals surface area contributed by atoms with Crippen LogP contribution in [-0.2, 0) is 6.42 Å². The molecule has 0 spiro atoms. The number of aryl methyl sites for hydroxylation is 1. The zero-order valence-corrected chi connectivity index (χ0v) is 8.37. The van der Waals surface area contributed by atoms with Gasteiger partial charge < -0.3 is 9.84 Å². The molecule has 0 aliphatic carbocycles. The van der Waals surface area contributed by atoms with Crippen molar-refractivity contribution in [2.75, 3.05) is 7.11 Å². The van der Waals surface area contributed by atoms with E-state index in [1.54, 1.807) is 14.0 Å². The zero-order chi connectivity index (χ0) is 9.84. The van der Waals surface area contributed by atoms with Crippen molar-refractivity contribution in [2.24, 2.45) is 0 Å². The number of hydrogen-bond donors (Lipinski definition) is 1. The molecule has 0 heterocycles. The van der Waals surface area contributed by atoms with Crippen molar-refractivity contribution < 1.29 is 9.84 Å². The van der Waals surface area contributed by atoms with Crippen LogP contribution in [0, 0.1) is 6.92 Å². The smallest absolute Gasteiger partial charge is 0.122 e. The highest BCUT2D eigenvalue weighted by molar-refractivity contribution is 5.39. The van der Waals surface area contributed by atoms with Crippen molar-refractivity contribution in [1.82, 2.24) is 0 Å². The lowest BCUT2D eigenvalue weighted by Crippen LogP contribution is -2.07. The predicted octanol–water partition coefficient (Wildman–Crippen LogP) is 1.93. The summed E-state index contributed by atoms with van der Waals surface area (Å²) in [6, 6.07) is 5.91. The molecule has 0 aliphatic rings. The number of aliphatic hydroxyl groups is 1. The molecule has 1 aromatic carbocycles. The third kappa shape index (κ3) is 2.46. The van der Waals surface area contributed by atoms with Crippen LogP contribution < -0.4 is 4.74 Å². The van der Waals surface area contributed by atoms with E-state index in [0.717, 1.165) is 11.3 Å². The fraction of sp³-hybridized carbons (Fsp3) is 0.455. The molecule has 1 atom stereocenters. The summed E-state index contributed by atoms with van der Waals surface area (Å²) in [7, 11) is 1.65. The highest BCUT2D eigenvalue weighted by atomic mass is 16.5. The standard InChI is InChI=1S/C11H16O2/c1-8-5-4-6-11(13-3)10(8)7-9(2)12/h4-6,9,12H,7H2,1-3H3/t9-/m0/s1. The van der Waals surface area contributed by atoms with E-state index >= 15 is 0 Å². The number of methoxy groups -OCH3 is 1. The maximum absolute atomic E-state index is 9.29. The van der Waals surface area contributed by atoms with Gasteiger partial charge in [-0.1, -0.05) is 12.1 Å². The monoisotopic (exact) mass is 180 g/mol. The molecular formula is C11H16O2. The Kier molecular flexibility index (Phi) is 3.32. The number of hydrogen-bond acceptors (Lipinski definition) is 2. The molecule has 0 aromatic heterocycles. The minimum Gasteiger partial charge on any atom is -0.496 e. The zero-order valence-electron chi connectivity index (χ0n) is 8.37. The molecular weight excluding hydrogens is 164 g/mol. The molecule has 1 N–H and O–H groups in total. The second kappa shape index (κ2) is 4.28. The topological polar surface area (TPSA) is 29.5 Å². The Morgan fingerprint density at radius 2 is 2.15 bits per heavy atom. The highest BCUT2D eigenvalue weighted by Crippen LogP contribution is 2.22. The normalized spacial score (nSPS) is 12.6. The molecule has 0 saturated carbocycles. The first kappa shape index (κ1) is 10.1. The first-order chi connectivity index (χ1) is 6.15. The molecule has 2 heteroatoms. The van der Waals surface area contributed by atoms with Crippen LogP contribution in [0.1, 0.15) is 18.1 Å². The van der Waals surface area contributed by atoms with Gasteiger partial charge in [-0.25, -0.2) is 0 Å². The molecule has 0 amide bonds. The fourth-order valence-corrected chi connectivity index (χ4v) is 1.42. The third-order valence-corrected chi connectivity index (χ3v) is 2.09. The van der Waals surface area contributed by atoms with Crippen LogP contribution in [-0.4, -0.2) is 18.3 Å². The van der Waals surface area contributed by atoms with Crippen molar-refractivity contribution in [3.05, 3.63) is 29.3 Å². The van der Waals surface area contributed by atoms with Crippen LogP contribution in [0.3, 0.4) is 0 Å². The van der Waals surface area contributed by atoms with Crippen molar-refractivity contribution >= 4 is 0 Å². The predicted molar refractivity (Wildman–Crippen MR) is 53.1 cm³/mol. The minimum absolute atomic E-state index is 0.324. The SMILES string of the molecule is COc1cccc(C)c1C[C@H](C)O. The molecule has 0 saturated heterocycles. The van der Waals surface area contributed by atoms with Gasteiger partial charge in [-0.3, -0.25) is 0 Å². The molecule has 72 valence electrons. The van der Waals surface area contributed by atoms with E-state index in [9.17, 15) is 5.11 Å². The van der Waals surface area contributed by atoms with Gasteiger partial charge in [0.15, 0.2) is 0 Å². The van der Waals surface area contributed by atoms with Crippen molar-refractivity contribution in [3.63, 3.8) is 0 Å². The summed E-state index contributed by atoms with van der Waals surface area (Å²) in [5.74, 6) is 0.862. The van der Waals surface area contributed by atoms with Crippen LogP contribution in [0.5, 0.6) is 5.75 Å². The van der Waals surface area contributed by atoms with Crippen LogP contribution >= 0.6 is 0 Å². The Labute approximate surface area is 79.2 Å². The third-order valence-electron chi connectivity index (χ3n) is 2.09. The van der Waals surface area contributed by atoms with Crippen molar-refractivity contribution in [3.8, 4) is 5.75 Å². The van der Waals surface area contributed by atoms with Gasteiger partial charge in [0.05, 0.1) is 13.2 Å². The molecule has 2 nitrogen and oxygen atoms in total. The van der Waals surface area contributed by atoms with Gasteiger partial charge in [0.2, 0.25) is 0 Å². The molecule has 0 unspecified atom stereocenters. The van der Waals surface area contributed by atoms with E-state index in [4.69, 9.17) is 4.74 Å². The van der Waals surface area contributed by atoms with Crippen molar-refractivity contribution in [2.45, 2.75) is 26.4 Å². The lowest BCUT2D eigenvalue weighted by molar-refractivity contribution is 0.194. The molecule has 0 radical (unpaired) electrons. The van der Waals surface area contributed by atoms with Gasteiger partial charge in [-0.15, -0.1) is 0 Å². The summed E-state index contributed by atoms with van der Waals surface area (Å²) in [5, 5.41) is 9.29. The average molecular weight is 180 g/mol. The quantitative estimate of drug-likeness (QED) is 0.770. The molecule has 0 fully saturated rings. The fourth-order valence-electron chi connectivity index (χ4n) is 1.42. The van der Waals surface area contributed by atoms with E-state index in [1.807, 2.05) is 25.1 Å². The Bertz CT molecular complexity index is 279. The second-order valence-corrected chi connectivity index (χ2v) is 3.31. The first-order valence-electron chi connectivity index (χ1n) is 4.45. The first-order valence-corrected chi connectivity index (χ1v) is 4.45. The summed E-state index contributed by atoms with van der Waals surface area (Å²) >= 11 is 0. The van der Waals surface area contributed by atoms with Crippen LogP contribution in [0.2, 0.25) is 0 Å². The summed E-state index contributed by atoms with van der Waals surface area (Å²) in [4.78, 5) is 0. The summed E-state index contributed by atoms with van der Waals surface area (Å²) in [6.07, 6.45) is 0.325. The van der Waals surface area contributed by atoms with Gasteiger partial charge in [0, 0.05) is 6.42 Å². The summed E-state index contributed by atoms with van der Waals surface area (Å²) < 4.78 is 5.22. The molecule has 1 aromatic rings. The number of rotatable bonds is 3. The minimum atomic E-state index is -0.324. The average Bonchev–Trinajstić information content (AvgIpc) is 2.08. The Morgan fingerprint density at radius 1 is 1.46 bits per heavy atom. The Morgan fingerprint density at radius 3 is 2.69 bits per heavy atom. The number of ether oxygens (including phenoxy) is 1.